The Morgan fingerprint density at radius 2 is 1.94 bits per heavy atom. The highest BCUT2D eigenvalue weighted by Crippen LogP contribution is 2.34. The molecule has 10 heteroatoms. The van der Waals surface area contributed by atoms with Gasteiger partial charge < -0.3 is 9.88 Å². The number of carbonyl (C=O) groups excluding carboxylic acids is 1. The normalized spacial score (nSPS) is 11.7. The second-order valence-electron chi connectivity index (χ2n) is 6.83. The number of halogens is 4. The summed E-state index contributed by atoms with van der Waals surface area (Å²) in [4.78, 5) is 16.8. The van der Waals surface area contributed by atoms with E-state index in [9.17, 15) is 18.0 Å². The van der Waals surface area contributed by atoms with E-state index in [1.165, 1.54) is 18.2 Å². The van der Waals surface area contributed by atoms with Crippen LogP contribution in [0.25, 0.3) is 16.7 Å². The third-order valence-corrected chi connectivity index (χ3v) is 4.96. The van der Waals surface area contributed by atoms with Crippen LogP contribution in [0.3, 0.4) is 0 Å². The van der Waals surface area contributed by atoms with E-state index >= 15 is 0 Å². The van der Waals surface area contributed by atoms with E-state index in [2.05, 4.69) is 15.4 Å². The van der Waals surface area contributed by atoms with E-state index in [-0.39, 0.29) is 17.3 Å². The minimum absolute atomic E-state index is 0.117. The molecular formula is C21H17ClF3N5O. The predicted octanol–water partition coefficient (Wildman–Crippen LogP) is 4.71. The molecule has 1 amide bonds. The molecule has 0 radical (unpaired) electrons. The molecule has 2 aromatic carbocycles. The fourth-order valence-corrected chi connectivity index (χ4v) is 3.51. The number of alkyl halides is 3. The molecule has 6 nitrogen and oxygen atoms in total. The van der Waals surface area contributed by atoms with Crippen LogP contribution in [0.2, 0.25) is 5.02 Å². The van der Waals surface area contributed by atoms with E-state index < -0.39 is 23.3 Å². The number of amides is 1. The van der Waals surface area contributed by atoms with Crippen LogP contribution in [0.4, 0.5) is 13.2 Å². The van der Waals surface area contributed by atoms with Crippen molar-refractivity contribution in [2.24, 2.45) is 0 Å². The Balaban J connectivity index is 1.47. The first kappa shape index (κ1) is 20.9. The van der Waals surface area contributed by atoms with Gasteiger partial charge in [-0.15, -0.1) is 0 Å². The summed E-state index contributed by atoms with van der Waals surface area (Å²) in [5.74, 6) is -0.837. The molecule has 1 N–H and O–H groups in total. The van der Waals surface area contributed by atoms with Crippen LogP contribution in [0.15, 0.2) is 61.1 Å². The van der Waals surface area contributed by atoms with Crippen molar-refractivity contribution in [3.05, 3.63) is 77.3 Å². The monoisotopic (exact) mass is 447 g/mol. The zero-order valence-electron chi connectivity index (χ0n) is 16.1. The number of aromatic nitrogens is 4. The average molecular weight is 448 g/mol. The molecule has 0 aliphatic heterocycles. The summed E-state index contributed by atoms with van der Waals surface area (Å²) in [6.45, 7) is 0.764. The molecule has 4 rings (SSSR count). The maximum absolute atomic E-state index is 13.7. The molecule has 0 aliphatic rings. The van der Waals surface area contributed by atoms with Crippen LogP contribution in [0.1, 0.15) is 22.5 Å². The van der Waals surface area contributed by atoms with Gasteiger partial charge in [0.1, 0.15) is 0 Å². The Bertz CT molecular complexity index is 1230. The molecule has 0 fully saturated rings. The lowest BCUT2D eigenvalue weighted by atomic mass is 10.2. The minimum Gasteiger partial charge on any atom is -0.352 e. The second-order valence-corrected chi connectivity index (χ2v) is 7.27. The van der Waals surface area contributed by atoms with Gasteiger partial charge in [0.05, 0.1) is 34.8 Å². The van der Waals surface area contributed by atoms with Gasteiger partial charge >= 0.3 is 6.18 Å². The lowest BCUT2D eigenvalue weighted by Crippen LogP contribution is -2.28. The third-order valence-electron chi connectivity index (χ3n) is 4.72. The van der Waals surface area contributed by atoms with Crippen molar-refractivity contribution in [3.63, 3.8) is 0 Å². The number of fused-ring (bicyclic) bond motifs is 1. The highest BCUT2D eigenvalue weighted by atomic mass is 35.5. The van der Waals surface area contributed by atoms with Crippen LogP contribution in [0, 0.1) is 0 Å². The number of imidazole rings is 1. The molecule has 31 heavy (non-hydrogen) atoms. The predicted molar refractivity (Wildman–Crippen MR) is 110 cm³/mol. The van der Waals surface area contributed by atoms with E-state index in [0.717, 1.165) is 17.2 Å². The van der Waals surface area contributed by atoms with Crippen molar-refractivity contribution in [2.75, 3.05) is 6.54 Å². The molecule has 0 bridgehead atoms. The van der Waals surface area contributed by atoms with Crippen molar-refractivity contribution < 1.29 is 18.0 Å². The largest absolute Gasteiger partial charge is 0.434 e. The quantitative estimate of drug-likeness (QED) is 0.435. The molecule has 0 atom stereocenters. The van der Waals surface area contributed by atoms with Gasteiger partial charge in [-0.2, -0.15) is 18.3 Å². The maximum Gasteiger partial charge on any atom is 0.434 e. The SMILES string of the molecule is O=C(NCCCn1cnc2ccccc21)c1cnn(-c2cccc(Cl)c2)c1C(F)(F)F. The molecule has 4 aromatic rings. The van der Waals surface area contributed by atoms with Crippen molar-refractivity contribution in [2.45, 2.75) is 19.1 Å². The van der Waals surface area contributed by atoms with E-state index in [4.69, 9.17) is 11.6 Å². The van der Waals surface area contributed by atoms with Crippen molar-refractivity contribution in [1.82, 2.24) is 24.6 Å². The smallest absolute Gasteiger partial charge is 0.352 e. The number of nitrogens with zero attached hydrogens (tertiary/aromatic N) is 4. The van der Waals surface area contributed by atoms with Gasteiger partial charge in [0, 0.05) is 18.1 Å². The molecule has 160 valence electrons. The summed E-state index contributed by atoms with van der Waals surface area (Å²) in [6.07, 6.45) is -1.64. The van der Waals surface area contributed by atoms with Crippen LogP contribution in [0.5, 0.6) is 0 Å². The summed E-state index contributed by atoms with van der Waals surface area (Å²) in [6, 6.07) is 13.5. The molecule has 0 saturated carbocycles. The van der Waals surface area contributed by atoms with Gasteiger partial charge in [-0.3, -0.25) is 4.79 Å². The average Bonchev–Trinajstić information content (AvgIpc) is 3.36. The molecular weight excluding hydrogens is 431 g/mol. The van der Waals surface area contributed by atoms with E-state index in [0.29, 0.717) is 17.6 Å². The summed E-state index contributed by atoms with van der Waals surface area (Å²) >= 11 is 5.89. The second kappa shape index (κ2) is 8.43. The van der Waals surface area contributed by atoms with E-state index in [1.54, 1.807) is 12.4 Å². The molecule has 2 heterocycles. The van der Waals surface area contributed by atoms with Crippen molar-refractivity contribution >= 4 is 28.5 Å². The Hall–Kier alpha value is -3.33. The number of benzene rings is 2. The van der Waals surface area contributed by atoms with E-state index in [1.807, 2.05) is 28.8 Å². The Morgan fingerprint density at radius 1 is 1.13 bits per heavy atom. The highest BCUT2D eigenvalue weighted by Gasteiger charge is 2.40. The molecule has 0 aliphatic carbocycles. The Morgan fingerprint density at radius 3 is 2.71 bits per heavy atom. The molecule has 0 saturated heterocycles. The van der Waals surface area contributed by atoms with Gasteiger partial charge in [0.2, 0.25) is 0 Å². The van der Waals surface area contributed by atoms with Crippen LogP contribution >= 0.6 is 11.6 Å². The Kier molecular flexibility index (Phi) is 5.69. The number of hydrogen-bond acceptors (Lipinski definition) is 3. The number of aryl methyl sites for hydroxylation is 1. The van der Waals surface area contributed by atoms with Crippen LogP contribution < -0.4 is 5.32 Å². The first-order chi connectivity index (χ1) is 14.8. The minimum atomic E-state index is -4.78. The lowest BCUT2D eigenvalue weighted by Gasteiger charge is -2.13. The standard InChI is InChI=1S/C21H17ClF3N5O/c22-14-5-3-6-15(11-14)30-19(21(23,24)25)16(12-28-30)20(31)26-9-4-10-29-13-27-17-7-1-2-8-18(17)29/h1-3,5-8,11-13H,4,9-10H2,(H,26,31). The number of para-hydroxylation sites is 2. The topological polar surface area (TPSA) is 64.7 Å². The van der Waals surface area contributed by atoms with Crippen molar-refractivity contribution in [3.8, 4) is 5.69 Å². The summed E-state index contributed by atoms with van der Waals surface area (Å²) in [7, 11) is 0. The van der Waals surface area contributed by atoms with Gasteiger partial charge in [-0.1, -0.05) is 29.8 Å². The molecule has 0 spiro atoms. The fraction of sp³-hybridized carbons (Fsp3) is 0.190. The van der Waals surface area contributed by atoms with Gasteiger partial charge in [-0.05, 0) is 36.8 Å². The van der Waals surface area contributed by atoms with Gasteiger partial charge in [0.15, 0.2) is 5.69 Å². The Labute approximate surface area is 180 Å². The maximum atomic E-state index is 13.7. The zero-order valence-corrected chi connectivity index (χ0v) is 16.9. The third kappa shape index (κ3) is 4.41. The molecule has 2 aromatic heterocycles. The molecule has 0 unspecified atom stereocenters. The summed E-state index contributed by atoms with van der Waals surface area (Å²) in [5.41, 5.74) is 0.241. The first-order valence-electron chi connectivity index (χ1n) is 9.44. The van der Waals surface area contributed by atoms with Crippen molar-refractivity contribution in [1.29, 1.82) is 0 Å². The van der Waals surface area contributed by atoms with Crippen LogP contribution in [-0.2, 0) is 12.7 Å². The summed E-state index contributed by atoms with van der Waals surface area (Å²) < 4.78 is 43.8. The lowest BCUT2D eigenvalue weighted by molar-refractivity contribution is -0.143. The first-order valence-corrected chi connectivity index (χ1v) is 9.81. The highest BCUT2D eigenvalue weighted by molar-refractivity contribution is 6.30. The fourth-order valence-electron chi connectivity index (χ4n) is 3.33. The zero-order chi connectivity index (χ0) is 22.0. The number of hydrogen-bond donors (Lipinski definition) is 1. The number of carbonyl (C=O) groups is 1. The van der Waals surface area contributed by atoms with Gasteiger partial charge in [-0.25, -0.2) is 9.67 Å². The van der Waals surface area contributed by atoms with Gasteiger partial charge in [0.25, 0.3) is 5.91 Å². The van der Waals surface area contributed by atoms with Crippen LogP contribution in [-0.4, -0.2) is 31.8 Å². The number of rotatable bonds is 6. The summed E-state index contributed by atoms with van der Waals surface area (Å²) in [5, 5.41) is 6.59. The number of nitrogens with one attached hydrogen (secondary N) is 1.